The Balaban J connectivity index is 2.36. The van der Waals surface area contributed by atoms with E-state index in [0.717, 1.165) is 11.4 Å². The molecule has 0 amide bonds. The molecule has 0 aliphatic carbocycles. The Bertz CT molecular complexity index is 577. The van der Waals surface area contributed by atoms with E-state index in [1.165, 1.54) is 10.8 Å². The van der Waals surface area contributed by atoms with Crippen LogP contribution in [0.1, 0.15) is 0 Å². The average Bonchev–Trinajstić information content (AvgIpc) is 2.82. The Morgan fingerprint density at radius 1 is 0.933 bits per heavy atom. The summed E-state index contributed by atoms with van der Waals surface area (Å²) in [5.74, 6) is 0. The first-order valence-electron chi connectivity index (χ1n) is 4.93. The van der Waals surface area contributed by atoms with E-state index in [2.05, 4.69) is 22.1 Å². The van der Waals surface area contributed by atoms with Crippen molar-refractivity contribution >= 4 is 10.8 Å². The maximum atomic E-state index is 4.42. The summed E-state index contributed by atoms with van der Waals surface area (Å²) in [6.07, 6.45) is 3.76. The zero-order valence-electron chi connectivity index (χ0n) is 8.14. The first-order chi connectivity index (χ1) is 7.45. The average molecular weight is 194 g/mol. The first-order valence-corrected chi connectivity index (χ1v) is 4.93. The third-order valence-corrected chi connectivity index (χ3v) is 2.53. The van der Waals surface area contributed by atoms with Crippen molar-refractivity contribution in [3.8, 4) is 11.4 Å². The summed E-state index contributed by atoms with van der Waals surface area (Å²) >= 11 is 0. The highest BCUT2D eigenvalue weighted by Gasteiger charge is 2.04. The summed E-state index contributed by atoms with van der Waals surface area (Å²) in [5.41, 5.74) is 2.07. The van der Waals surface area contributed by atoms with Gasteiger partial charge in [-0.2, -0.15) is 0 Å². The summed E-state index contributed by atoms with van der Waals surface area (Å²) in [5, 5.41) is 2.40. The second kappa shape index (κ2) is 3.24. The molecule has 1 N–H and O–H groups in total. The fraction of sp³-hybridized carbons (Fsp3) is 0. The summed E-state index contributed by atoms with van der Waals surface area (Å²) < 4.78 is 0. The van der Waals surface area contributed by atoms with Gasteiger partial charge in [0.25, 0.3) is 0 Å². The minimum atomic E-state index is 1.01. The number of aromatic nitrogens is 2. The molecule has 0 saturated heterocycles. The number of benzene rings is 1. The number of aromatic amines is 1. The van der Waals surface area contributed by atoms with Gasteiger partial charge in [-0.15, -0.1) is 0 Å². The van der Waals surface area contributed by atoms with Crippen LogP contribution in [0.3, 0.4) is 0 Å². The number of nitrogens with zero attached hydrogens (tertiary/aromatic N) is 1. The minimum Gasteiger partial charge on any atom is -0.360 e. The topological polar surface area (TPSA) is 28.7 Å². The van der Waals surface area contributed by atoms with Gasteiger partial charge in [-0.3, -0.25) is 4.98 Å². The number of hydrogen-bond acceptors (Lipinski definition) is 1. The van der Waals surface area contributed by atoms with E-state index in [4.69, 9.17) is 0 Å². The molecule has 0 radical (unpaired) electrons. The fourth-order valence-electron chi connectivity index (χ4n) is 1.81. The van der Waals surface area contributed by atoms with Crippen LogP contribution >= 0.6 is 0 Å². The molecule has 0 saturated carbocycles. The summed E-state index contributed by atoms with van der Waals surface area (Å²) in [6, 6.07) is 14.3. The molecule has 0 bridgehead atoms. The standard InChI is InChI=1S/C13H10N2/c1-2-5-11-10(4-1)7-9-15-13(11)12-6-3-8-14-12/h1-9,14H. The van der Waals surface area contributed by atoms with E-state index < -0.39 is 0 Å². The van der Waals surface area contributed by atoms with Crippen molar-refractivity contribution in [3.63, 3.8) is 0 Å². The van der Waals surface area contributed by atoms with E-state index >= 15 is 0 Å². The van der Waals surface area contributed by atoms with Gasteiger partial charge < -0.3 is 4.98 Å². The van der Waals surface area contributed by atoms with Gasteiger partial charge in [0.1, 0.15) is 0 Å². The predicted molar refractivity (Wildman–Crippen MR) is 61.5 cm³/mol. The fourth-order valence-corrected chi connectivity index (χ4v) is 1.81. The lowest BCUT2D eigenvalue weighted by molar-refractivity contribution is 1.30. The zero-order valence-corrected chi connectivity index (χ0v) is 8.14. The van der Waals surface area contributed by atoms with Crippen LogP contribution in [0, 0.1) is 0 Å². The van der Waals surface area contributed by atoms with Crippen molar-refractivity contribution in [1.29, 1.82) is 0 Å². The van der Waals surface area contributed by atoms with Crippen LogP contribution in [0.5, 0.6) is 0 Å². The first kappa shape index (κ1) is 8.24. The third kappa shape index (κ3) is 1.31. The summed E-state index contributed by atoms with van der Waals surface area (Å²) in [7, 11) is 0. The molecule has 0 aliphatic rings. The van der Waals surface area contributed by atoms with Gasteiger partial charge in [0, 0.05) is 17.8 Å². The van der Waals surface area contributed by atoms with Crippen molar-refractivity contribution in [2.75, 3.05) is 0 Å². The van der Waals surface area contributed by atoms with E-state index in [1.54, 1.807) is 0 Å². The Hall–Kier alpha value is -2.09. The second-order valence-corrected chi connectivity index (χ2v) is 3.46. The van der Waals surface area contributed by atoms with E-state index in [0.29, 0.717) is 0 Å². The molecule has 15 heavy (non-hydrogen) atoms. The van der Waals surface area contributed by atoms with Gasteiger partial charge in [0.2, 0.25) is 0 Å². The largest absolute Gasteiger partial charge is 0.360 e. The van der Waals surface area contributed by atoms with Gasteiger partial charge in [-0.05, 0) is 23.6 Å². The van der Waals surface area contributed by atoms with Gasteiger partial charge in [-0.25, -0.2) is 0 Å². The van der Waals surface area contributed by atoms with E-state index in [1.807, 2.05) is 42.7 Å². The molecular formula is C13H10N2. The molecule has 0 fully saturated rings. The molecule has 2 heteroatoms. The second-order valence-electron chi connectivity index (χ2n) is 3.46. The number of fused-ring (bicyclic) bond motifs is 1. The van der Waals surface area contributed by atoms with Crippen LogP contribution in [0.4, 0.5) is 0 Å². The lowest BCUT2D eigenvalue weighted by atomic mass is 10.1. The Kier molecular flexibility index (Phi) is 1.78. The van der Waals surface area contributed by atoms with Crippen molar-refractivity contribution < 1.29 is 0 Å². The van der Waals surface area contributed by atoms with Crippen LogP contribution in [0.15, 0.2) is 54.9 Å². The van der Waals surface area contributed by atoms with Crippen molar-refractivity contribution in [2.45, 2.75) is 0 Å². The van der Waals surface area contributed by atoms with Crippen LogP contribution in [-0.2, 0) is 0 Å². The number of hydrogen-bond donors (Lipinski definition) is 1. The highest BCUT2D eigenvalue weighted by atomic mass is 14.8. The molecule has 0 unspecified atom stereocenters. The quantitative estimate of drug-likeness (QED) is 0.633. The van der Waals surface area contributed by atoms with Crippen molar-refractivity contribution in [3.05, 3.63) is 54.9 Å². The molecule has 2 aromatic heterocycles. The number of nitrogens with one attached hydrogen (secondary N) is 1. The molecule has 2 heterocycles. The molecule has 0 spiro atoms. The number of pyridine rings is 1. The maximum absolute atomic E-state index is 4.42. The van der Waals surface area contributed by atoms with Crippen LogP contribution in [-0.4, -0.2) is 9.97 Å². The Labute approximate surface area is 87.6 Å². The Morgan fingerprint density at radius 3 is 2.73 bits per heavy atom. The minimum absolute atomic E-state index is 1.01. The van der Waals surface area contributed by atoms with Crippen LogP contribution < -0.4 is 0 Å². The molecule has 1 aromatic carbocycles. The molecule has 3 rings (SSSR count). The van der Waals surface area contributed by atoms with Crippen molar-refractivity contribution in [2.24, 2.45) is 0 Å². The van der Waals surface area contributed by atoms with E-state index in [9.17, 15) is 0 Å². The monoisotopic (exact) mass is 194 g/mol. The van der Waals surface area contributed by atoms with Gasteiger partial charge in [0.15, 0.2) is 0 Å². The molecule has 0 aliphatic heterocycles. The van der Waals surface area contributed by atoms with Gasteiger partial charge >= 0.3 is 0 Å². The lowest BCUT2D eigenvalue weighted by Gasteiger charge is -2.02. The normalized spacial score (nSPS) is 10.7. The molecule has 72 valence electrons. The maximum Gasteiger partial charge on any atom is 0.0942 e. The highest BCUT2D eigenvalue weighted by molar-refractivity contribution is 5.93. The van der Waals surface area contributed by atoms with Crippen LogP contribution in [0.2, 0.25) is 0 Å². The summed E-state index contributed by atoms with van der Waals surface area (Å²) in [4.78, 5) is 7.60. The smallest absolute Gasteiger partial charge is 0.0942 e. The van der Waals surface area contributed by atoms with Crippen molar-refractivity contribution in [1.82, 2.24) is 9.97 Å². The van der Waals surface area contributed by atoms with Gasteiger partial charge in [0.05, 0.1) is 11.4 Å². The zero-order chi connectivity index (χ0) is 10.1. The van der Waals surface area contributed by atoms with Crippen LogP contribution in [0.25, 0.3) is 22.2 Å². The molecule has 0 atom stereocenters. The van der Waals surface area contributed by atoms with Gasteiger partial charge in [-0.1, -0.05) is 24.3 Å². The predicted octanol–water partition coefficient (Wildman–Crippen LogP) is 3.23. The number of rotatable bonds is 1. The summed E-state index contributed by atoms with van der Waals surface area (Å²) in [6.45, 7) is 0. The lowest BCUT2D eigenvalue weighted by Crippen LogP contribution is -1.85. The third-order valence-electron chi connectivity index (χ3n) is 2.53. The molecular weight excluding hydrogens is 184 g/mol. The Morgan fingerprint density at radius 2 is 1.87 bits per heavy atom. The highest BCUT2D eigenvalue weighted by Crippen LogP contribution is 2.24. The SMILES string of the molecule is c1c[nH]c(-c2nccc3ccccc23)c1. The number of H-pyrrole nitrogens is 1. The molecule has 3 aromatic rings. The van der Waals surface area contributed by atoms with E-state index in [-0.39, 0.29) is 0 Å². The molecule has 2 nitrogen and oxygen atoms in total.